The molecule has 1 aromatic carbocycles. The van der Waals surface area contributed by atoms with Crippen LogP contribution in [0.3, 0.4) is 0 Å². The molecule has 0 radical (unpaired) electrons. The minimum atomic E-state index is -0.552. The number of rotatable bonds is 4. The quantitative estimate of drug-likeness (QED) is 0.671. The van der Waals surface area contributed by atoms with Crippen molar-refractivity contribution < 1.29 is 14.4 Å². The number of piperidine rings is 1. The first-order chi connectivity index (χ1) is 13.1. The van der Waals surface area contributed by atoms with Crippen LogP contribution < -0.4 is 16.0 Å². The molecule has 1 aromatic rings. The van der Waals surface area contributed by atoms with Gasteiger partial charge < -0.3 is 15.5 Å². The van der Waals surface area contributed by atoms with E-state index in [1.165, 1.54) is 12.8 Å². The summed E-state index contributed by atoms with van der Waals surface area (Å²) >= 11 is 0. The molecule has 5 rings (SSSR count). The number of hydrogen-bond donors (Lipinski definition) is 3. The summed E-state index contributed by atoms with van der Waals surface area (Å²) in [5.41, 5.74) is 3.05. The number of hydrogen-bond acceptors (Lipinski definition) is 5. The Morgan fingerprint density at radius 1 is 1.19 bits per heavy atom. The summed E-state index contributed by atoms with van der Waals surface area (Å²) in [6.07, 6.45) is 4.31. The number of carbonyl (C=O) groups is 3. The molecular weight excluding hydrogens is 344 g/mol. The Morgan fingerprint density at radius 3 is 2.81 bits per heavy atom. The summed E-state index contributed by atoms with van der Waals surface area (Å²) in [5, 5.41) is 9.60. The van der Waals surface area contributed by atoms with Crippen LogP contribution >= 0.6 is 0 Å². The highest BCUT2D eigenvalue weighted by Crippen LogP contribution is 2.43. The Hall–Kier alpha value is -2.25. The second kappa shape index (κ2) is 6.14. The van der Waals surface area contributed by atoms with Gasteiger partial charge in [-0.1, -0.05) is 12.1 Å². The lowest BCUT2D eigenvalue weighted by molar-refractivity contribution is -0.136. The number of amides is 3. The molecule has 3 aliphatic heterocycles. The molecule has 4 aliphatic rings. The third kappa shape index (κ3) is 2.85. The van der Waals surface area contributed by atoms with E-state index >= 15 is 0 Å². The Morgan fingerprint density at radius 2 is 2.04 bits per heavy atom. The van der Waals surface area contributed by atoms with Gasteiger partial charge >= 0.3 is 0 Å². The maximum Gasteiger partial charge on any atom is 0.255 e. The van der Waals surface area contributed by atoms with Gasteiger partial charge in [-0.2, -0.15) is 0 Å². The van der Waals surface area contributed by atoms with Crippen LogP contribution in [0.25, 0.3) is 0 Å². The van der Waals surface area contributed by atoms with Crippen LogP contribution in [0.5, 0.6) is 0 Å². The van der Waals surface area contributed by atoms with Crippen molar-refractivity contribution in [2.24, 2.45) is 0 Å². The van der Waals surface area contributed by atoms with E-state index in [2.05, 4.69) is 22.0 Å². The van der Waals surface area contributed by atoms with Crippen molar-refractivity contribution in [2.75, 3.05) is 6.54 Å². The van der Waals surface area contributed by atoms with Crippen molar-refractivity contribution in [3.63, 3.8) is 0 Å². The number of fused-ring (bicyclic) bond motifs is 1. The second-order valence-corrected chi connectivity index (χ2v) is 8.20. The molecule has 3 heterocycles. The molecule has 7 nitrogen and oxygen atoms in total. The van der Waals surface area contributed by atoms with Crippen molar-refractivity contribution in [1.29, 1.82) is 0 Å². The average Bonchev–Trinajstić information content (AvgIpc) is 3.21. The zero-order valence-corrected chi connectivity index (χ0v) is 15.2. The van der Waals surface area contributed by atoms with Gasteiger partial charge in [0.2, 0.25) is 11.8 Å². The van der Waals surface area contributed by atoms with E-state index in [1.807, 2.05) is 12.1 Å². The first kappa shape index (κ1) is 16.9. The lowest BCUT2D eigenvalue weighted by Crippen LogP contribution is -2.52. The molecule has 2 atom stereocenters. The van der Waals surface area contributed by atoms with Gasteiger partial charge in [0.1, 0.15) is 6.04 Å². The lowest BCUT2D eigenvalue weighted by atomic mass is 10.0. The van der Waals surface area contributed by atoms with Crippen molar-refractivity contribution in [2.45, 2.75) is 62.8 Å². The fourth-order valence-electron chi connectivity index (χ4n) is 4.78. The third-order valence-electron chi connectivity index (χ3n) is 6.51. The fourth-order valence-corrected chi connectivity index (χ4v) is 4.78. The molecule has 1 aliphatic carbocycles. The molecule has 7 heteroatoms. The van der Waals surface area contributed by atoms with Gasteiger partial charge in [-0.25, -0.2) is 0 Å². The predicted octanol–water partition coefficient (Wildman–Crippen LogP) is 0.432. The predicted molar refractivity (Wildman–Crippen MR) is 97.7 cm³/mol. The summed E-state index contributed by atoms with van der Waals surface area (Å²) < 4.78 is 0. The largest absolute Gasteiger partial charge is 0.322 e. The maximum absolute atomic E-state index is 12.9. The zero-order valence-electron chi connectivity index (χ0n) is 15.2. The maximum atomic E-state index is 12.9. The Labute approximate surface area is 157 Å². The van der Waals surface area contributed by atoms with E-state index in [0.717, 1.165) is 30.6 Å². The van der Waals surface area contributed by atoms with Crippen LogP contribution in [0.4, 0.5) is 0 Å². The van der Waals surface area contributed by atoms with E-state index in [-0.39, 0.29) is 24.1 Å². The van der Waals surface area contributed by atoms with Crippen molar-refractivity contribution in [1.82, 2.24) is 20.9 Å². The second-order valence-electron chi connectivity index (χ2n) is 8.20. The lowest BCUT2D eigenvalue weighted by Gasteiger charge is -2.29. The normalized spacial score (nSPS) is 28.6. The van der Waals surface area contributed by atoms with Crippen molar-refractivity contribution >= 4 is 17.7 Å². The Bertz CT molecular complexity index is 833. The highest BCUT2D eigenvalue weighted by Gasteiger charge is 2.51. The summed E-state index contributed by atoms with van der Waals surface area (Å²) in [6, 6.07) is 5.97. The molecule has 0 bridgehead atoms. The summed E-state index contributed by atoms with van der Waals surface area (Å²) in [5.74, 6) is -0.732. The van der Waals surface area contributed by atoms with E-state index in [1.54, 1.807) is 4.90 Å². The van der Waals surface area contributed by atoms with Gasteiger partial charge in [-0.15, -0.1) is 0 Å². The fraction of sp³-hybridized carbons (Fsp3) is 0.550. The smallest absolute Gasteiger partial charge is 0.255 e. The monoisotopic (exact) mass is 368 g/mol. The summed E-state index contributed by atoms with van der Waals surface area (Å²) in [6.45, 7) is 2.25. The number of carbonyl (C=O) groups excluding carboxylic acids is 3. The van der Waals surface area contributed by atoms with Crippen LogP contribution in [0.2, 0.25) is 0 Å². The SMILES string of the molecule is O=C1CCC(N2Cc3ccc(CNC4CCNC45CC5)cc3C2=O)C(=O)N1. The van der Waals surface area contributed by atoms with E-state index < -0.39 is 6.04 Å². The minimum absolute atomic E-state index is 0.109. The molecule has 2 unspecified atom stereocenters. The number of imide groups is 1. The van der Waals surface area contributed by atoms with Gasteiger partial charge in [0.05, 0.1) is 0 Å². The molecule has 27 heavy (non-hydrogen) atoms. The molecule has 1 spiro atoms. The Balaban J connectivity index is 1.28. The molecular formula is C20H24N4O3. The number of nitrogens with zero attached hydrogens (tertiary/aromatic N) is 1. The minimum Gasteiger partial charge on any atom is -0.322 e. The van der Waals surface area contributed by atoms with Crippen LogP contribution in [-0.2, 0) is 22.7 Å². The molecule has 142 valence electrons. The summed E-state index contributed by atoms with van der Waals surface area (Å²) in [7, 11) is 0. The Kier molecular flexibility index (Phi) is 3.84. The summed E-state index contributed by atoms with van der Waals surface area (Å²) in [4.78, 5) is 38.0. The van der Waals surface area contributed by atoms with Gasteiger partial charge in [-0.3, -0.25) is 19.7 Å². The van der Waals surface area contributed by atoms with Crippen molar-refractivity contribution in [3.05, 3.63) is 34.9 Å². The third-order valence-corrected chi connectivity index (χ3v) is 6.51. The first-order valence-corrected chi connectivity index (χ1v) is 9.81. The standard InChI is InChI=1S/C20H24N4O3/c25-17-4-3-15(18(26)23-17)24-11-13-2-1-12(9-14(13)19(24)27)10-21-16-5-8-22-20(16)6-7-20/h1-2,9,15-16,21-22H,3-8,10-11H2,(H,23,25,26). The molecule has 3 fully saturated rings. The molecule has 3 amide bonds. The number of nitrogens with one attached hydrogen (secondary N) is 3. The van der Waals surface area contributed by atoms with E-state index in [0.29, 0.717) is 30.1 Å². The highest BCUT2D eigenvalue weighted by atomic mass is 16.2. The van der Waals surface area contributed by atoms with Gasteiger partial charge in [0, 0.05) is 36.7 Å². The van der Waals surface area contributed by atoms with Gasteiger partial charge in [-0.05, 0) is 49.4 Å². The average molecular weight is 368 g/mol. The molecule has 2 saturated heterocycles. The molecule has 1 saturated carbocycles. The van der Waals surface area contributed by atoms with Gasteiger partial charge in [0.25, 0.3) is 5.91 Å². The number of benzene rings is 1. The van der Waals surface area contributed by atoms with Crippen LogP contribution in [0.15, 0.2) is 18.2 Å². The van der Waals surface area contributed by atoms with E-state index in [9.17, 15) is 14.4 Å². The van der Waals surface area contributed by atoms with E-state index in [4.69, 9.17) is 0 Å². The van der Waals surface area contributed by atoms with Crippen LogP contribution in [0.1, 0.15) is 53.6 Å². The van der Waals surface area contributed by atoms with Crippen LogP contribution in [0, 0.1) is 0 Å². The highest BCUT2D eigenvalue weighted by molar-refractivity contribution is 6.05. The van der Waals surface area contributed by atoms with Gasteiger partial charge in [0.15, 0.2) is 0 Å². The topological polar surface area (TPSA) is 90.5 Å². The molecule has 3 N–H and O–H groups in total. The van der Waals surface area contributed by atoms with Crippen LogP contribution in [-0.4, -0.2) is 46.8 Å². The van der Waals surface area contributed by atoms with Crippen molar-refractivity contribution in [3.8, 4) is 0 Å². The first-order valence-electron chi connectivity index (χ1n) is 9.81. The zero-order chi connectivity index (χ0) is 18.6. The molecule has 0 aromatic heterocycles.